The van der Waals surface area contributed by atoms with Crippen LogP contribution in [-0.2, 0) is 6.18 Å². The second-order valence-corrected chi connectivity index (χ2v) is 4.67. The van der Waals surface area contributed by atoms with Crippen molar-refractivity contribution in [3.8, 4) is 5.75 Å². The molecule has 0 aliphatic rings. The van der Waals surface area contributed by atoms with E-state index in [0.717, 1.165) is 12.1 Å². The summed E-state index contributed by atoms with van der Waals surface area (Å²) in [7, 11) is 1.66. The molecule has 0 aliphatic heterocycles. The Bertz CT molecular complexity index is 461. The third-order valence-electron chi connectivity index (χ3n) is 2.49. The van der Waals surface area contributed by atoms with Gasteiger partial charge in [-0.05, 0) is 38.1 Å². The van der Waals surface area contributed by atoms with Gasteiger partial charge >= 0.3 is 6.18 Å². The minimum absolute atomic E-state index is 0. The van der Waals surface area contributed by atoms with Gasteiger partial charge in [0.15, 0.2) is 5.96 Å². The van der Waals surface area contributed by atoms with Crippen molar-refractivity contribution < 1.29 is 17.9 Å². The molecule has 0 bridgehead atoms. The minimum Gasteiger partial charge on any atom is -0.492 e. The zero-order chi connectivity index (χ0) is 15.9. The number of ether oxygens (including phenoxy) is 1. The molecule has 2 N–H and O–H groups in total. The van der Waals surface area contributed by atoms with Crippen molar-refractivity contribution >= 4 is 29.9 Å². The van der Waals surface area contributed by atoms with E-state index in [0.29, 0.717) is 24.9 Å². The van der Waals surface area contributed by atoms with E-state index in [-0.39, 0.29) is 30.0 Å². The first-order valence-corrected chi connectivity index (χ1v) is 6.60. The van der Waals surface area contributed by atoms with Crippen LogP contribution >= 0.6 is 24.0 Å². The van der Waals surface area contributed by atoms with E-state index in [1.165, 1.54) is 12.1 Å². The van der Waals surface area contributed by atoms with Crippen LogP contribution in [0.2, 0.25) is 0 Å². The van der Waals surface area contributed by atoms with Gasteiger partial charge in [0, 0.05) is 13.1 Å². The Hall–Kier alpha value is -1.19. The van der Waals surface area contributed by atoms with Crippen molar-refractivity contribution in [2.75, 3.05) is 20.2 Å². The summed E-state index contributed by atoms with van der Waals surface area (Å²) >= 11 is 0. The quantitative estimate of drug-likeness (QED) is 0.326. The lowest BCUT2D eigenvalue weighted by Gasteiger charge is -2.14. The van der Waals surface area contributed by atoms with E-state index in [4.69, 9.17) is 4.74 Å². The molecule has 1 rings (SSSR count). The molecular formula is C14H21F3IN3O. The molecule has 0 fully saturated rings. The Labute approximate surface area is 145 Å². The highest BCUT2D eigenvalue weighted by atomic mass is 127. The van der Waals surface area contributed by atoms with Crippen LogP contribution in [0.3, 0.4) is 0 Å². The highest BCUT2D eigenvalue weighted by molar-refractivity contribution is 14.0. The monoisotopic (exact) mass is 431 g/mol. The largest absolute Gasteiger partial charge is 0.492 e. The standard InChI is InChI=1S/C14H20F3N3O.HI/c1-10(2)20-13(18-3)19-8-9-21-12-6-4-11(5-7-12)14(15,16)17;/h4-7,10H,8-9H2,1-3H3,(H2,18,19,20);1H. The molecule has 8 heteroatoms. The van der Waals surface area contributed by atoms with E-state index < -0.39 is 11.7 Å². The molecule has 0 amide bonds. The molecule has 22 heavy (non-hydrogen) atoms. The zero-order valence-electron chi connectivity index (χ0n) is 12.7. The molecular weight excluding hydrogens is 410 g/mol. The maximum absolute atomic E-state index is 12.4. The predicted octanol–water partition coefficient (Wildman–Crippen LogP) is 3.28. The van der Waals surface area contributed by atoms with E-state index in [1.807, 2.05) is 13.8 Å². The number of guanidine groups is 1. The number of nitrogens with zero attached hydrogens (tertiary/aromatic N) is 1. The number of benzene rings is 1. The van der Waals surface area contributed by atoms with Crippen molar-refractivity contribution in [2.45, 2.75) is 26.1 Å². The van der Waals surface area contributed by atoms with Crippen molar-refractivity contribution in [3.05, 3.63) is 29.8 Å². The van der Waals surface area contributed by atoms with Crippen molar-refractivity contribution in [1.82, 2.24) is 10.6 Å². The van der Waals surface area contributed by atoms with Crippen molar-refractivity contribution in [1.29, 1.82) is 0 Å². The van der Waals surface area contributed by atoms with Gasteiger partial charge in [0.25, 0.3) is 0 Å². The van der Waals surface area contributed by atoms with Gasteiger partial charge in [0.2, 0.25) is 0 Å². The smallest absolute Gasteiger partial charge is 0.416 e. The molecule has 0 spiro atoms. The molecule has 0 heterocycles. The third kappa shape index (κ3) is 7.71. The van der Waals surface area contributed by atoms with Crippen molar-refractivity contribution in [2.24, 2.45) is 4.99 Å². The Morgan fingerprint density at radius 3 is 2.27 bits per heavy atom. The summed E-state index contributed by atoms with van der Waals surface area (Å²) in [4.78, 5) is 4.03. The zero-order valence-corrected chi connectivity index (χ0v) is 15.0. The number of rotatable bonds is 5. The van der Waals surface area contributed by atoms with Crippen LogP contribution in [0.25, 0.3) is 0 Å². The van der Waals surface area contributed by atoms with Crippen LogP contribution in [-0.4, -0.2) is 32.2 Å². The average molecular weight is 431 g/mol. The summed E-state index contributed by atoms with van der Waals surface area (Å²) in [6.07, 6.45) is -4.32. The van der Waals surface area contributed by atoms with E-state index in [2.05, 4.69) is 15.6 Å². The summed E-state index contributed by atoms with van der Waals surface area (Å²) in [6, 6.07) is 4.88. The molecule has 0 saturated carbocycles. The van der Waals surface area contributed by atoms with Crippen LogP contribution in [0.5, 0.6) is 5.75 Å². The maximum Gasteiger partial charge on any atom is 0.416 e. The van der Waals surface area contributed by atoms with Crippen LogP contribution in [0.1, 0.15) is 19.4 Å². The molecule has 0 radical (unpaired) electrons. The van der Waals surface area contributed by atoms with E-state index in [9.17, 15) is 13.2 Å². The van der Waals surface area contributed by atoms with Crippen LogP contribution in [0, 0.1) is 0 Å². The highest BCUT2D eigenvalue weighted by Gasteiger charge is 2.29. The first-order chi connectivity index (χ1) is 9.82. The lowest BCUT2D eigenvalue weighted by atomic mass is 10.2. The normalized spacial score (nSPS) is 11.9. The number of halogens is 4. The summed E-state index contributed by atoms with van der Waals surface area (Å²) in [5, 5.41) is 6.15. The van der Waals surface area contributed by atoms with Gasteiger partial charge in [-0.25, -0.2) is 0 Å². The topological polar surface area (TPSA) is 45.7 Å². The molecule has 0 saturated heterocycles. The number of hydrogen-bond donors (Lipinski definition) is 2. The van der Waals surface area contributed by atoms with Crippen LogP contribution < -0.4 is 15.4 Å². The minimum atomic E-state index is -4.32. The third-order valence-corrected chi connectivity index (χ3v) is 2.49. The first-order valence-electron chi connectivity index (χ1n) is 6.60. The Morgan fingerprint density at radius 1 is 1.23 bits per heavy atom. The summed E-state index contributed by atoms with van der Waals surface area (Å²) < 4.78 is 42.5. The second-order valence-electron chi connectivity index (χ2n) is 4.67. The number of nitrogens with one attached hydrogen (secondary N) is 2. The molecule has 4 nitrogen and oxygen atoms in total. The molecule has 0 atom stereocenters. The summed E-state index contributed by atoms with van der Waals surface area (Å²) in [6.45, 7) is 4.80. The number of aliphatic imine (C=N–C) groups is 1. The van der Waals surface area contributed by atoms with Gasteiger partial charge in [-0.3, -0.25) is 4.99 Å². The van der Waals surface area contributed by atoms with Gasteiger partial charge in [0.1, 0.15) is 12.4 Å². The second kappa shape index (κ2) is 9.75. The molecule has 126 valence electrons. The molecule has 1 aromatic carbocycles. The number of alkyl halides is 3. The Balaban J connectivity index is 0.00000441. The van der Waals surface area contributed by atoms with Gasteiger partial charge < -0.3 is 15.4 Å². The fourth-order valence-electron chi connectivity index (χ4n) is 1.55. The van der Waals surface area contributed by atoms with Gasteiger partial charge in [-0.1, -0.05) is 0 Å². The Kier molecular flexibility index (Phi) is 9.22. The molecule has 0 unspecified atom stereocenters. The summed E-state index contributed by atoms with van der Waals surface area (Å²) in [5.74, 6) is 1.05. The van der Waals surface area contributed by atoms with Crippen LogP contribution in [0.15, 0.2) is 29.3 Å². The average Bonchev–Trinajstić information content (AvgIpc) is 2.41. The lowest BCUT2D eigenvalue weighted by Crippen LogP contribution is -2.42. The van der Waals surface area contributed by atoms with E-state index in [1.54, 1.807) is 7.05 Å². The number of hydrogen-bond acceptors (Lipinski definition) is 2. The van der Waals surface area contributed by atoms with Crippen LogP contribution in [0.4, 0.5) is 13.2 Å². The molecule has 0 aromatic heterocycles. The Morgan fingerprint density at radius 2 is 1.82 bits per heavy atom. The molecule has 1 aromatic rings. The fourth-order valence-corrected chi connectivity index (χ4v) is 1.55. The highest BCUT2D eigenvalue weighted by Crippen LogP contribution is 2.30. The summed E-state index contributed by atoms with van der Waals surface area (Å²) in [5.41, 5.74) is -0.686. The maximum atomic E-state index is 12.4. The fraction of sp³-hybridized carbons (Fsp3) is 0.500. The van der Waals surface area contributed by atoms with Gasteiger partial charge in [-0.15, -0.1) is 24.0 Å². The first kappa shape index (κ1) is 20.8. The molecule has 0 aliphatic carbocycles. The van der Waals surface area contributed by atoms with Crippen molar-refractivity contribution in [3.63, 3.8) is 0 Å². The SMILES string of the molecule is CN=C(NCCOc1ccc(C(F)(F)F)cc1)NC(C)C.I. The lowest BCUT2D eigenvalue weighted by molar-refractivity contribution is -0.137. The predicted molar refractivity (Wildman–Crippen MR) is 92.0 cm³/mol. The van der Waals surface area contributed by atoms with Gasteiger partial charge in [0.05, 0.1) is 12.1 Å². The van der Waals surface area contributed by atoms with Gasteiger partial charge in [-0.2, -0.15) is 13.2 Å². The van der Waals surface area contributed by atoms with E-state index >= 15 is 0 Å².